The van der Waals surface area contributed by atoms with Gasteiger partial charge in [0.2, 0.25) is 0 Å². The number of nitro benzene ring substituents is 1. The lowest BCUT2D eigenvalue weighted by Gasteiger charge is -2.23. The predicted molar refractivity (Wildman–Crippen MR) is 63.9 cm³/mol. The Morgan fingerprint density at radius 3 is 2.72 bits per heavy atom. The second-order valence-corrected chi connectivity index (χ2v) is 4.73. The van der Waals surface area contributed by atoms with Crippen LogP contribution in [-0.4, -0.2) is 17.1 Å². The molecule has 1 fully saturated rings. The Morgan fingerprint density at radius 2 is 2.11 bits per heavy atom. The van der Waals surface area contributed by atoms with E-state index in [1.165, 1.54) is 0 Å². The number of nitrogens with zero attached hydrogens (tertiary/aromatic N) is 1. The van der Waals surface area contributed by atoms with Gasteiger partial charge >= 0.3 is 5.69 Å². The molecule has 0 spiro atoms. The summed E-state index contributed by atoms with van der Waals surface area (Å²) in [6.07, 6.45) is 3.72. The average Bonchev–Trinajstić information content (AvgIpc) is 2.74. The minimum Gasteiger partial charge on any atom is -0.485 e. The zero-order chi connectivity index (χ0) is 13.2. The third-order valence-electron chi connectivity index (χ3n) is 3.23. The molecule has 98 valence electrons. The van der Waals surface area contributed by atoms with Crippen LogP contribution in [0.25, 0.3) is 0 Å². The monoisotopic (exact) mass is 254 g/mol. The van der Waals surface area contributed by atoms with Gasteiger partial charge < -0.3 is 10.5 Å². The maximum Gasteiger partial charge on any atom is 0.311 e. The highest BCUT2D eigenvalue weighted by atomic mass is 19.1. The molecule has 0 atom stereocenters. The summed E-state index contributed by atoms with van der Waals surface area (Å²) in [5.74, 6) is -0.621. The molecule has 0 heterocycles. The van der Waals surface area contributed by atoms with E-state index in [1.807, 2.05) is 0 Å². The first-order valence-corrected chi connectivity index (χ1v) is 5.86. The summed E-state index contributed by atoms with van der Waals surface area (Å²) in [5, 5.41) is 10.8. The van der Waals surface area contributed by atoms with Crippen molar-refractivity contribution in [2.24, 2.45) is 5.73 Å². The summed E-state index contributed by atoms with van der Waals surface area (Å²) >= 11 is 0. The van der Waals surface area contributed by atoms with Crippen LogP contribution < -0.4 is 10.5 Å². The Bertz CT molecular complexity index is 459. The molecule has 2 rings (SSSR count). The van der Waals surface area contributed by atoms with Crippen molar-refractivity contribution in [1.29, 1.82) is 0 Å². The molecule has 2 N–H and O–H groups in total. The van der Waals surface area contributed by atoms with Crippen molar-refractivity contribution in [2.45, 2.75) is 31.2 Å². The van der Waals surface area contributed by atoms with Gasteiger partial charge in [0.15, 0.2) is 5.75 Å². The Kier molecular flexibility index (Phi) is 3.47. The van der Waals surface area contributed by atoms with Crippen LogP contribution in [0.15, 0.2) is 18.2 Å². The SMILES string of the molecule is NC1(COc2cc(F)ccc2[N+](=O)[O-])CCCC1. The molecule has 0 aromatic heterocycles. The Morgan fingerprint density at radius 1 is 1.44 bits per heavy atom. The number of ether oxygens (including phenoxy) is 1. The van der Waals surface area contributed by atoms with Crippen LogP contribution in [0.2, 0.25) is 0 Å². The lowest BCUT2D eigenvalue weighted by molar-refractivity contribution is -0.386. The van der Waals surface area contributed by atoms with Gasteiger partial charge in [0, 0.05) is 12.1 Å². The smallest absolute Gasteiger partial charge is 0.311 e. The Balaban J connectivity index is 2.12. The summed E-state index contributed by atoms with van der Waals surface area (Å²) in [6.45, 7) is 0.178. The quantitative estimate of drug-likeness (QED) is 0.661. The van der Waals surface area contributed by atoms with Crippen LogP contribution in [0.5, 0.6) is 5.75 Å². The van der Waals surface area contributed by atoms with Crippen molar-refractivity contribution >= 4 is 5.69 Å². The van der Waals surface area contributed by atoms with Gasteiger partial charge in [0.25, 0.3) is 0 Å². The standard InChI is InChI=1S/C12H15FN2O3/c13-9-3-4-10(15(16)17)11(7-9)18-8-12(14)5-1-2-6-12/h3-4,7H,1-2,5-6,8,14H2. The molecular weight excluding hydrogens is 239 g/mol. The normalized spacial score (nSPS) is 17.7. The van der Waals surface area contributed by atoms with Crippen molar-refractivity contribution < 1.29 is 14.1 Å². The number of rotatable bonds is 4. The summed E-state index contributed by atoms with van der Waals surface area (Å²) in [6, 6.07) is 3.16. The van der Waals surface area contributed by atoms with E-state index in [0.717, 1.165) is 43.9 Å². The molecule has 1 aromatic carbocycles. The summed E-state index contributed by atoms with van der Waals surface area (Å²) in [7, 11) is 0. The van der Waals surface area contributed by atoms with Crippen LogP contribution in [0.1, 0.15) is 25.7 Å². The highest BCUT2D eigenvalue weighted by Crippen LogP contribution is 2.31. The van der Waals surface area contributed by atoms with E-state index in [-0.39, 0.29) is 18.0 Å². The Labute approximate surface area is 104 Å². The average molecular weight is 254 g/mol. The summed E-state index contributed by atoms with van der Waals surface area (Å²) < 4.78 is 18.4. The first-order chi connectivity index (χ1) is 8.50. The molecule has 18 heavy (non-hydrogen) atoms. The van der Waals surface area contributed by atoms with E-state index < -0.39 is 16.3 Å². The predicted octanol–water partition coefficient (Wildman–Crippen LogP) is 2.38. The summed E-state index contributed by atoms with van der Waals surface area (Å²) in [4.78, 5) is 10.2. The van der Waals surface area contributed by atoms with Gasteiger partial charge in [0.05, 0.1) is 10.5 Å². The zero-order valence-corrected chi connectivity index (χ0v) is 9.89. The molecule has 0 unspecified atom stereocenters. The maximum absolute atomic E-state index is 13.1. The molecule has 5 nitrogen and oxygen atoms in total. The molecule has 1 aliphatic carbocycles. The molecule has 0 saturated heterocycles. The van der Waals surface area contributed by atoms with E-state index >= 15 is 0 Å². The fourth-order valence-electron chi connectivity index (χ4n) is 2.20. The molecule has 6 heteroatoms. The second kappa shape index (κ2) is 4.89. The topological polar surface area (TPSA) is 78.4 Å². The molecule has 0 radical (unpaired) electrons. The fraction of sp³-hybridized carbons (Fsp3) is 0.500. The third-order valence-corrected chi connectivity index (χ3v) is 3.23. The first kappa shape index (κ1) is 12.8. The zero-order valence-electron chi connectivity index (χ0n) is 9.89. The number of halogens is 1. The molecule has 0 bridgehead atoms. The van der Waals surface area contributed by atoms with Crippen molar-refractivity contribution in [2.75, 3.05) is 6.61 Å². The second-order valence-electron chi connectivity index (χ2n) is 4.73. The molecule has 0 amide bonds. The van der Waals surface area contributed by atoms with Crippen molar-refractivity contribution in [3.63, 3.8) is 0 Å². The van der Waals surface area contributed by atoms with Crippen molar-refractivity contribution in [3.8, 4) is 5.75 Å². The van der Waals surface area contributed by atoms with Crippen molar-refractivity contribution in [3.05, 3.63) is 34.1 Å². The van der Waals surface area contributed by atoms with Gasteiger partial charge in [-0.2, -0.15) is 0 Å². The van der Waals surface area contributed by atoms with Gasteiger partial charge in [-0.3, -0.25) is 10.1 Å². The number of hydrogen-bond donors (Lipinski definition) is 1. The highest BCUT2D eigenvalue weighted by Gasteiger charge is 2.31. The number of benzene rings is 1. The molecule has 1 aliphatic rings. The molecule has 1 aromatic rings. The van der Waals surface area contributed by atoms with Crippen LogP contribution in [0.4, 0.5) is 10.1 Å². The minimum atomic E-state index is -0.591. The molecular formula is C12H15FN2O3. The van der Waals surface area contributed by atoms with E-state index in [0.29, 0.717) is 0 Å². The lowest BCUT2D eigenvalue weighted by Crippen LogP contribution is -2.42. The van der Waals surface area contributed by atoms with Crippen LogP contribution in [0, 0.1) is 15.9 Å². The van der Waals surface area contributed by atoms with E-state index in [9.17, 15) is 14.5 Å². The van der Waals surface area contributed by atoms with Gasteiger partial charge in [-0.05, 0) is 18.9 Å². The van der Waals surface area contributed by atoms with Crippen LogP contribution in [-0.2, 0) is 0 Å². The van der Waals surface area contributed by atoms with E-state index in [4.69, 9.17) is 10.5 Å². The fourth-order valence-corrected chi connectivity index (χ4v) is 2.20. The van der Waals surface area contributed by atoms with Gasteiger partial charge in [-0.25, -0.2) is 4.39 Å². The van der Waals surface area contributed by atoms with Gasteiger partial charge in [-0.1, -0.05) is 12.8 Å². The van der Waals surface area contributed by atoms with E-state index in [2.05, 4.69) is 0 Å². The maximum atomic E-state index is 13.1. The minimum absolute atomic E-state index is 0.0586. The van der Waals surface area contributed by atoms with Gasteiger partial charge in [0.1, 0.15) is 12.4 Å². The van der Waals surface area contributed by atoms with Crippen LogP contribution >= 0.6 is 0 Å². The largest absolute Gasteiger partial charge is 0.485 e. The Hall–Kier alpha value is -1.69. The molecule has 0 aliphatic heterocycles. The third kappa shape index (κ3) is 2.76. The van der Waals surface area contributed by atoms with Crippen LogP contribution in [0.3, 0.4) is 0 Å². The number of nitro groups is 1. The summed E-state index contributed by atoms with van der Waals surface area (Å²) in [5.41, 5.74) is 5.40. The van der Waals surface area contributed by atoms with Crippen molar-refractivity contribution in [1.82, 2.24) is 0 Å². The number of hydrogen-bond acceptors (Lipinski definition) is 4. The molecule has 1 saturated carbocycles. The highest BCUT2D eigenvalue weighted by molar-refractivity contribution is 5.46. The first-order valence-electron chi connectivity index (χ1n) is 5.86. The lowest BCUT2D eigenvalue weighted by atomic mass is 10.0. The van der Waals surface area contributed by atoms with Gasteiger partial charge in [-0.15, -0.1) is 0 Å². The van der Waals surface area contributed by atoms with E-state index in [1.54, 1.807) is 0 Å². The number of nitrogens with two attached hydrogens (primary N) is 1.